The third-order valence-corrected chi connectivity index (χ3v) is 1.93. The fourth-order valence-electron chi connectivity index (χ4n) is 0.742. The van der Waals surface area contributed by atoms with Gasteiger partial charge >= 0.3 is 14.1 Å². The summed E-state index contributed by atoms with van der Waals surface area (Å²) in [5.41, 5.74) is -0.641. The van der Waals surface area contributed by atoms with Crippen molar-refractivity contribution in [3.63, 3.8) is 0 Å². The van der Waals surface area contributed by atoms with Gasteiger partial charge in [-0.15, -0.1) is 0 Å². The summed E-state index contributed by atoms with van der Waals surface area (Å²) in [6.45, 7) is 4.73. The van der Waals surface area contributed by atoms with Gasteiger partial charge in [0, 0.05) is 0 Å². The van der Waals surface area contributed by atoms with Crippen LogP contribution in [-0.4, -0.2) is 35.5 Å². The summed E-state index contributed by atoms with van der Waals surface area (Å²) in [7, 11) is -2.51. The molecule has 2 atom stereocenters. The van der Waals surface area contributed by atoms with Gasteiger partial charge < -0.3 is 16.2 Å². The van der Waals surface area contributed by atoms with Gasteiger partial charge in [-0.05, 0) is 25.3 Å². The fraction of sp³-hybridized carbons (Fsp3) is 0.875. The molecule has 0 aromatic heterocycles. The molecule has 0 fully saturated rings. The molecule has 2 unspecified atom stereocenters. The van der Waals surface area contributed by atoms with Gasteiger partial charge in [0.05, 0.1) is 6.54 Å². The molecule has 0 aliphatic heterocycles. The second-order valence-corrected chi connectivity index (χ2v) is 5.08. The summed E-state index contributed by atoms with van der Waals surface area (Å²) in [6.07, 6.45) is -2.75. The molecule has 1 amide bonds. The van der Waals surface area contributed by atoms with Crippen molar-refractivity contribution in [2.75, 3.05) is 12.7 Å². The van der Waals surface area contributed by atoms with Crippen molar-refractivity contribution in [2.24, 2.45) is 0 Å². The van der Waals surface area contributed by atoms with Crippen LogP contribution < -0.4 is 11.5 Å². The molecule has 0 aliphatic carbocycles. The van der Waals surface area contributed by atoms with Crippen LogP contribution in [-0.2, 0) is 9.30 Å². The van der Waals surface area contributed by atoms with E-state index >= 15 is 0 Å². The SMILES string of the molecule is CC(C)(C)OC(=O)NCC(F)C[P+](=O)O.N. The van der Waals surface area contributed by atoms with Crippen molar-refractivity contribution < 1.29 is 23.4 Å². The predicted molar refractivity (Wildman–Crippen MR) is 58.8 cm³/mol. The lowest BCUT2D eigenvalue weighted by atomic mass is 10.2. The lowest BCUT2D eigenvalue weighted by Crippen LogP contribution is -2.36. The molecule has 0 aromatic rings. The Kier molecular flexibility index (Phi) is 8.24. The van der Waals surface area contributed by atoms with Crippen molar-refractivity contribution in [3.05, 3.63) is 0 Å². The van der Waals surface area contributed by atoms with Gasteiger partial charge in [0.1, 0.15) is 5.60 Å². The Labute approximate surface area is 95.0 Å². The number of carbonyl (C=O) groups is 1. The topological polar surface area (TPSA) is 111 Å². The number of halogens is 1. The average molecular weight is 257 g/mol. The first-order chi connectivity index (χ1) is 6.70. The first-order valence-corrected chi connectivity index (χ1v) is 5.85. The molecule has 0 rings (SSSR count). The minimum Gasteiger partial charge on any atom is -0.444 e. The first kappa shape index (κ1) is 17.6. The largest absolute Gasteiger partial charge is 0.508 e. The zero-order valence-corrected chi connectivity index (χ0v) is 10.6. The molecule has 16 heavy (non-hydrogen) atoms. The van der Waals surface area contributed by atoms with Gasteiger partial charge in [-0.25, -0.2) is 9.18 Å². The Morgan fingerprint density at radius 1 is 1.56 bits per heavy atom. The Morgan fingerprint density at radius 3 is 2.44 bits per heavy atom. The van der Waals surface area contributed by atoms with Crippen LogP contribution in [0.2, 0.25) is 0 Å². The molecule has 0 saturated carbocycles. The zero-order valence-electron chi connectivity index (χ0n) is 9.70. The average Bonchev–Trinajstić information content (AvgIpc) is 1.96. The Morgan fingerprint density at radius 2 is 2.06 bits per heavy atom. The van der Waals surface area contributed by atoms with Crippen LogP contribution in [0, 0.1) is 0 Å². The monoisotopic (exact) mass is 257 g/mol. The molecule has 0 bridgehead atoms. The molecule has 0 aliphatic rings. The van der Waals surface area contributed by atoms with Gasteiger partial charge in [-0.2, -0.15) is 4.89 Å². The van der Waals surface area contributed by atoms with Crippen LogP contribution in [0.3, 0.4) is 0 Å². The molecular formula is C8H19FN2O4P+. The van der Waals surface area contributed by atoms with Crippen molar-refractivity contribution >= 4 is 14.1 Å². The second kappa shape index (κ2) is 7.49. The molecule has 96 valence electrons. The number of alkyl carbamates (subject to hydrolysis) is 1. The molecular weight excluding hydrogens is 238 g/mol. The maximum absolute atomic E-state index is 12.8. The van der Waals surface area contributed by atoms with Crippen LogP contribution in [0.5, 0.6) is 0 Å². The summed E-state index contributed by atoms with van der Waals surface area (Å²) in [6, 6.07) is 0. The highest BCUT2D eigenvalue weighted by Gasteiger charge is 2.22. The van der Waals surface area contributed by atoms with Crippen molar-refractivity contribution in [1.29, 1.82) is 0 Å². The Hall–Kier alpha value is -0.780. The number of rotatable bonds is 4. The van der Waals surface area contributed by atoms with Gasteiger partial charge in [-0.3, -0.25) is 0 Å². The van der Waals surface area contributed by atoms with Gasteiger partial charge in [0.2, 0.25) is 6.16 Å². The van der Waals surface area contributed by atoms with E-state index in [1.165, 1.54) is 0 Å². The number of ether oxygens (including phenoxy) is 1. The van der Waals surface area contributed by atoms with Gasteiger partial charge in [-0.1, -0.05) is 0 Å². The lowest BCUT2D eigenvalue weighted by Gasteiger charge is -2.19. The summed E-state index contributed by atoms with van der Waals surface area (Å²) < 4.78 is 27.9. The lowest BCUT2D eigenvalue weighted by molar-refractivity contribution is 0.0515. The quantitative estimate of drug-likeness (QED) is 0.664. The molecule has 5 N–H and O–H groups in total. The van der Waals surface area contributed by atoms with E-state index in [2.05, 4.69) is 5.32 Å². The van der Waals surface area contributed by atoms with Gasteiger partial charge in [0.25, 0.3) is 0 Å². The smallest absolute Gasteiger partial charge is 0.444 e. The maximum atomic E-state index is 12.8. The Balaban J connectivity index is 0. The minimum atomic E-state index is -2.51. The van der Waals surface area contributed by atoms with E-state index in [-0.39, 0.29) is 12.7 Å². The normalized spacial score (nSPS) is 13.4. The van der Waals surface area contributed by atoms with E-state index < -0.39 is 32.1 Å². The van der Waals surface area contributed by atoms with Crippen LogP contribution in [0.4, 0.5) is 9.18 Å². The molecule has 0 aromatic carbocycles. The summed E-state index contributed by atoms with van der Waals surface area (Å²) >= 11 is 0. The minimum absolute atomic E-state index is 0. The van der Waals surface area contributed by atoms with E-state index in [0.29, 0.717) is 0 Å². The number of carbonyl (C=O) groups excluding carboxylic acids is 1. The predicted octanol–water partition coefficient (Wildman–Crippen LogP) is 1.75. The summed E-state index contributed by atoms with van der Waals surface area (Å²) in [5, 5.41) is 2.17. The number of amides is 1. The molecule has 0 radical (unpaired) electrons. The first-order valence-electron chi connectivity index (χ1n) is 4.45. The molecule has 0 spiro atoms. The van der Waals surface area contributed by atoms with Crippen LogP contribution in [0.25, 0.3) is 0 Å². The third-order valence-electron chi connectivity index (χ3n) is 1.22. The molecule has 8 heteroatoms. The van der Waals surface area contributed by atoms with Crippen LogP contribution >= 0.6 is 8.03 Å². The van der Waals surface area contributed by atoms with E-state index in [1.807, 2.05) is 0 Å². The highest BCUT2D eigenvalue weighted by Crippen LogP contribution is 2.15. The highest BCUT2D eigenvalue weighted by atomic mass is 31.1. The van der Waals surface area contributed by atoms with Crippen molar-refractivity contribution in [3.8, 4) is 0 Å². The summed E-state index contributed by atoms with van der Waals surface area (Å²) in [5.74, 6) is 0. The van der Waals surface area contributed by atoms with E-state index in [1.54, 1.807) is 20.8 Å². The third kappa shape index (κ3) is 11.3. The second-order valence-electron chi connectivity index (χ2n) is 4.01. The fourth-order valence-corrected chi connectivity index (χ4v) is 1.21. The molecule has 0 heterocycles. The highest BCUT2D eigenvalue weighted by molar-refractivity contribution is 7.38. The van der Waals surface area contributed by atoms with Crippen LogP contribution in [0.1, 0.15) is 20.8 Å². The van der Waals surface area contributed by atoms with E-state index in [0.717, 1.165) is 0 Å². The van der Waals surface area contributed by atoms with Crippen molar-refractivity contribution in [1.82, 2.24) is 11.5 Å². The molecule has 6 nitrogen and oxygen atoms in total. The summed E-state index contributed by atoms with van der Waals surface area (Å²) in [4.78, 5) is 19.4. The number of hydrogen-bond donors (Lipinski definition) is 3. The number of alkyl halides is 1. The Bertz CT molecular complexity index is 245. The zero-order chi connectivity index (χ0) is 12.1. The van der Waals surface area contributed by atoms with E-state index in [9.17, 15) is 13.8 Å². The number of nitrogens with one attached hydrogen (secondary N) is 1. The number of hydrogen-bond acceptors (Lipinski definition) is 4. The van der Waals surface area contributed by atoms with Gasteiger partial charge in [0.15, 0.2) is 6.17 Å². The molecule has 0 saturated heterocycles. The van der Waals surface area contributed by atoms with Crippen molar-refractivity contribution in [2.45, 2.75) is 32.5 Å². The van der Waals surface area contributed by atoms with Crippen LogP contribution in [0.15, 0.2) is 0 Å². The maximum Gasteiger partial charge on any atom is 0.508 e. The van der Waals surface area contributed by atoms with E-state index in [4.69, 9.17) is 9.63 Å². The standard InChI is InChI=1S/C8H15FNO4P.H3N/c1-8(2,3)14-7(11)10-4-6(9)5-15(12)13;/h6H,4-5H2,1-3H3,(H-,10,11,12,13);1H3/p+1.